The molecule has 2 amide bonds. The number of anilines is 1. The molecule has 1 aliphatic carbocycles. The molecule has 1 aromatic rings. The normalized spacial score (nSPS) is 21.9. The number of hydrogen-bond acceptors (Lipinski definition) is 2. The number of carbonyl (C=O) groups excluding carboxylic acids is 1. The summed E-state index contributed by atoms with van der Waals surface area (Å²) in [5, 5.41) is 5.44. The van der Waals surface area contributed by atoms with Gasteiger partial charge in [0, 0.05) is 11.7 Å². The van der Waals surface area contributed by atoms with Crippen molar-refractivity contribution < 1.29 is 22.7 Å². The van der Waals surface area contributed by atoms with Gasteiger partial charge in [-0.05, 0) is 49.4 Å². The van der Waals surface area contributed by atoms with Gasteiger partial charge < -0.3 is 15.4 Å². The molecule has 1 aromatic carbocycles. The van der Waals surface area contributed by atoms with Crippen molar-refractivity contribution in [2.75, 3.05) is 5.32 Å². The van der Waals surface area contributed by atoms with E-state index in [2.05, 4.69) is 22.3 Å². The van der Waals surface area contributed by atoms with Crippen LogP contribution in [0.15, 0.2) is 24.3 Å². The molecule has 1 aliphatic rings. The number of hydrogen-bond donors (Lipinski definition) is 2. The number of halogens is 3. The molecule has 7 heteroatoms. The minimum atomic E-state index is -4.72. The van der Waals surface area contributed by atoms with Crippen LogP contribution in [-0.4, -0.2) is 18.4 Å². The zero-order valence-electron chi connectivity index (χ0n) is 11.5. The van der Waals surface area contributed by atoms with Gasteiger partial charge in [0.1, 0.15) is 5.75 Å². The minimum Gasteiger partial charge on any atom is -0.406 e. The first-order chi connectivity index (χ1) is 9.82. The van der Waals surface area contributed by atoms with Crippen LogP contribution in [-0.2, 0) is 0 Å². The molecule has 0 radical (unpaired) electrons. The summed E-state index contributed by atoms with van der Waals surface area (Å²) >= 11 is 0. The van der Waals surface area contributed by atoms with Crippen LogP contribution in [0.25, 0.3) is 0 Å². The van der Waals surface area contributed by atoms with Crippen molar-refractivity contribution in [2.24, 2.45) is 5.92 Å². The molecule has 0 heterocycles. The molecule has 1 saturated carbocycles. The van der Waals surface area contributed by atoms with Crippen LogP contribution in [0.3, 0.4) is 0 Å². The zero-order valence-corrected chi connectivity index (χ0v) is 11.5. The maximum absolute atomic E-state index is 12.0. The largest absolute Gasteiger partial charge is 0.573 e. The van der Waals surface area contributed by atoms with E-state index < -0.39 is 6.36 Å². The summed E-state index contributed by atoms with van der Waals surface area (Å²) in [6.07, 6.45) is -1.72. The third-order valence-corrected chi connectivity index (χ3v) is 3.38. The fraction of sp³-hybridized carbons (Fsp3) is 0.500. The van der Waals surface area contributed by atoms with Crippen LogP contribution in [0, 0.1) is 5.92 Å². The quantitative estimate of drug-likeness (QED) is 0.890. The molecule has 2 atom stereocenters. The summed E-state index contributed by atoms with van der Waals surface area (Å²) in [4.78, 5) is 11.8. The number of benzene rings is 1. The second-order valence-electron chi connectivity index (χ2n) is 5.29. The number of nitrogens with one attached hydrogen (secondary N) is 2. The first-order valence-corrected chi connectivity index (χ1v) is 6.75. The number of rotatable bonds is 3. The molecule has 4 nitrogen and oxygen atoms in total. The van der Waals surface area contributed by atoms with Crippen LogP contribution in [0.1, 0.15) is 26.2 Å². The molecule has 0 aromatic heterocycles. The van der Waals surface area contributed by atoms with Gasteiger partial charge in [-0.15, -0.1) is 13.2 Å². The zero-order chi connectivity index (χ0) is 15.5. The van der Waals surface area contributed by atoms with E-state index in [1.54, 1.807) is 0 Å². The van der Waals surface area contributed by atoms with Crippen LogP contribution >= 0.6 is 0 Å². The lowest BCUT2D eigenvalue weighted by Crippen LogP contribution is -2.36. The maximum atomic E-state index is 12.0. The molecule has 116 valence electrons. The third kappa shape index (κ3) is 5.17. The molecule has 1 fully saturated rings. The van der Waals surface area contributed by atoms with Crippen LogP contribution in [0.2, 0.25) is 0 Å². The lowest BCUT2D eigenvalue weighted by Gasteiger charge is -2.14. The van der Waals surface area contributed by atoms with Gasteiger partial charge in [0.2, 0.25) is 0 Å². The number of carbonyl (C=O) groups is 1. The monoisotopic (exact) mass is 302 g/mol. The highest BCUT2D eigenvalue weighted by atomic mass is 19.4. The molecular formula is C14H17F3N2O2. The summed E-state index contributed by atoms with van der Waals surface area (Å²) in [5.41, 5.74) is 0.410. The summed E-state index contributed by atoms with van der Waals surface area (Å²) in [6, 6.07) is 4.84. The van der Waals surface area contributed by atoms with E-state index in [4.69, 9.17) is 0 Å². The second-order valence-corrected chi connectivity index (χ2v) is 5.29. The third-order valence-electron chi connectivity index (χ3n) is 3.38. The van der Waals surface area contributed by atoms with E-state index in [9.17, 15) is 18.0 Å². The van der Waals surface area contributed by atoms with Crippen molar-refractivity contribution in [3.05, 3.63) is 24.3 Å². The van der Waals surface area contributed by atoms with Gasteiger partial charge in [-0.25, -0.2) is 4.79 Å². The fourth-order valence-corrected chi connectivity index (χ4v) is 2.43. The molecule has 2 rings (SSSR count). The highest BCUT2D eigenvalue weighted by Gasteiger charge is 2.31. The molecule has 21 heavy (non-hydrogen) atoms. The van der Waals surface area contributed by atoms with E-state index >= 15 is 0 Å². The molecule has 2 unspecified atom stereocenters. The Labute approximate surface area is 120 Å². The Balaban J connectivity index is 1.84. The topological polar surface area (TPSA) is 50.4 Å². The Hall–Kier alpha value is -1.92. The van der Waals surface area contributed by atoms with Gasteiger partial charge in [-0.1, -0.05) is 6.92 Å². The SMILES string of the molecule is CC1CCC(NC(=O)Nc2ccc(OC(F)(F)F)cc2)C1. The lowest BCUT2D eigenvalue weighted by molar-refractivity contribution is -0.274. The number of ether oxygens (including phenoxy) is 1. The first kappa shape index (κ1) is 15.5. The average Bonchev–Trinajstić information content (AvgIpc) is 2.75. The van der Waals surface area contributed by atoms with Crippen molar-refractivity contribution in [3.63, 3.8) is 0 Å². The van der Waals surface area contributed by atoms with Gasteiger partial charge >= 0.3 is 12.4 Å². The van der Waals surface area contributed by atoms with E-state index in [-0.39, 0.29) is 17.8 Å². The van der Waals surface area contributed by atoms with Gasteiger partial charge in [-0.3, -0.25) is 0 Å². The van der Waals surface area contributed by atoms with Crippen molar-refractivity contribution in [1.82, 2.24) is 5.32 Å². The smallest absolute Gasteiger partial charge is 0.406 e. The Morgan fingerprint density at radius 1 is 1.24 bits per heavy atom. The van der Waals surface area contributed by atoms with Crippen molar-refractivity contribution in [3.8, 4) is 5.75 Å². The van der Waals surface area contributed by atoms with E-state index in [1.807, 2.05) is 0 Å². The van der Waals surface area contributed by atoms with Gasteiger partial charge in [0.25, 0.3) is 0 Å². The molecule has 0 spiro atoms. The molecule has 0 saturated heterocycles. The van der Waals surface area contributed by atoms with E-state index in [0.717, 1.165) is 31.4 Å². The van der Waals surface area contributed by atoms with Crippen LogP contribution < -0.4 is 15.4 Å². The minimum absolute atomic E-state index is 0.160. The average molecular weight is 302 g/mol. The molecular weight excluding hydrogens is 285 g/mol. The maximum Gasteiger partial charge on any atom is 0.573 e. The predicted octanol–water partition coefficient (Wildman–Crippen LogP) is 3.90. The second kappa shape index (κ2) is 6.24. The number of alkyl halides is 3. The van der Waals surface area contributed by atoms with Crippen LogP contribution in [0.4, 0.5) is 23.7 Å². The molecule has 2 N–H and O–H groups in total. The van der Waals surface area contributed by atoms with E-state index in [1.165, 1.54) is 12.1 Å². The Kier molecular flexibility index (Phi) is 4.59. The predicted molar refractivity (Wildman–Crippen MR) is 72.1 cm³/mol. The molecule has 0 bridgehead atoms. The summed E-state index contributed by atoms with van der Waals surface area (Å²) in [7, 11) is 0. The number of amides is 2. The van der Waals surface area contributed by atoms with Crippen molar-refractivity contribution in [1.29, 1.82) is 0 Å². The first-order valence-electron chi connectivity index (χ1n) is 6.75. The highest BCUT2D eigenvalue weighted by molar-refractivity contribution is 5.89. The standard InChI is InChI=1S/C14H17F3N2O2/c1-9-2-3-11(8-9)19-13(20)18-10-4-6-12(7-5-10)21-14(15,16)17/h4-7,9,11H,2-3,8H2,1H3,(H2,18,19,20). The number of urea groups is 1. The summed E-state index contributed by atoms with van der Waals surface area (Å²) < 4.78 is 39.8. The summed E-state index contributed by atoms with van der Waals surface area (Å²) in [5.74, 6) is 0.284. The van der Waals surface area contributed by atoms with Gasteiger partial charge in [-0.2, -0.15) is 0 Å². The fourth-order valence-electron chi connectivity index (χ4n) is 2.43. The molecule has 0 aliphatic heterocycles. The van der Waals surface area contributed by atoms with E-state index in [0.29, 0.717) is 11.6 Å². The van der Waals surface area contributed by atoms with Crippen molar-refractivity contribution >= 4 is 11.7 Å². The Morgan fingerprint density at radius 3 is 2.43 bits per heavy atom. The van der Waals surface area contributed by atoms with Crippen molar-refractivity contribution in [2.45, 2.75) is 38.6 Å². The Morgan fingerprint density at radius 2 is 1.90 bits per heavy atom. The summed E-state index contributed by atoms with van der Waals surface area (Å²) in [6.45, 7) is 2.14. The van der Waals surface area contributed by atoms with Gasteiger partial charge in [0.15, 0.2) is 0 Å². The van der Waals surface area contributed by atoms with Gasteiger partial charge in [0.05, 0.1) is 0 Å². The Bertz CT molecular complexity index is 488. The van der Waals surface area contributed by atoms with Crippen LogP contribution in [0.5, 0.6) is 5.75 Å². The lowest BCUT2D eigenvalue weighted by atomic mass is 10.1. The highest BCUT2D eigenvalue weighted by Crippen LogP contribution is 2.25.